The first-order valence-corrected chi connectivity index (χ1v) is 8.83. The first-order valence-electron chi connectivity index (χ1n) is 8.83. The molecule has 0 unspecified atom stereocenters. The standard InChI is InChI=1S/C18H26O7/c1-11(19)13-3-5-15(13)17(21)24-9-7-23-8-10-25-18(22)16-6-4-14(16)12(2)20/h13-16H,3-10H2,1-2H3/t13-,14+,15-,16+. The molecular formula is C18H26O7. The van der Waals surface area contributed by atoms with Gasteiger partial charge in [-0.2, -0.15) is 0 Å². The lowest BCUT2D eigenvalue weighted by Gasteiger charge is -2.32. The maximum atomic E-state index is 11.8. The molecule has 2 saturated carbocycles. The van der Waals surface area contributed by atoms with E-state index >= 15 is 0 Å². The molecule has 0 aliphatic heterocycles. The zero-order chi connectivity index (χ0) is 18.4. The Labute approximate surface area is 147 Å². The van der Waals surface area contributed by atoms with E-state index in [1.807, 2.05) is 0 Å². The van der Waals surface area contributed by atoms with Gasteiger partial charge in [0.25, 0.3) is 0 Å². The van der Waals surface area contributed by atoms with Crippen LogP contribution in [-0.4, -0.2) is 49.9 Å². The minimum Gasteiger partial charge on any atom is -0.463 e. The van der Waals surface area contributed by atoms with Gasteiger partial charge in [-0.05, 0) is 39.5 Å². The normalized spacial score (nSPS) is 27.6. The minimum absolute atomic E-state index is 0.0322. The highest BCUT2D eigenvalue weighted by molar-refractivity contribution is 5.87. The number of carbonyl (C=O) groups excluding carboxylic acids is 4. The largest absolute Gasteiger partial charge is 0.463 e. The fraction of sp³-hybridized carbons (Fsp3) is 0.778. The van der Waals surface area contributed by atoms with Crippen LogP contribution >= 0.6 is 0 Å². The van der Waals surface area contributed by atoms with Gasteiger partial charge in [-0.15, -0.1) is 0 Å². The van der Waals surface area contributed by atoms with Crippen molar-refractivity contribution < 1.29 is 33.4 Å². The lowest BCUT2D eigenvalue weighted by Crippen LogP contribution is -2.38. The molecule has 0 N–H and O–H groups in total. The van der Waals surface area contributed by atoms with Gasteiger partial charge in [0.1, 0.15) is 24.8 Å². The van der Waals surface area contributed by atoms with Crippen LogP contribution < -0.4 is 0 Å². The van der Waals surface area contributed by atoms with Crippen molar-refractivity contribution in [3.8, 4) is 0 Å². The molecule has 2 fully saturated rings. The number of ether oxygens (including phenoxy) is 3. The molecule has 0 radical (unpaired) electrons. The number of ketones is 2. The Morgan fingerprint density at radius 3 is 1.28 bits per heavy atom. The molecule has 7 nitrogen and oxygen atoms in total. The van der Waals surface area contributed by atoms with Gasteiger partial charge in [-0.1, -0.05) is 0 Å². The summed E-state index contributed by atoms with van der Waals surface area (Å²) in [4.78, 5) is 46.1. The molecule has 0 spiro atoms. The maximum absolute atomic E-state index is 11.8. The lowest BCUT2D eigenvalue weighted by molar-refractivity contribution is -0.160. The van der Waals surface area contributed by atoms with Crippen molar-refractivity contribution in [3.05, 3.63) is 0 Å². The summed E-state index contributed by atoms with van der Waals surface area (Å²) in [5, 5.41) is 0. The molecule has 2 rings (SSSR count). The molecule has 2 aliphatic rings. The van der Waals surface area contributed by atoms with Crippen molar-refractivity contribution in [2.45, 2.75) is 39.5 Å². The molecule has 2 aliphatic carbocycles. The number of esters is 2. The van der Waals surface area contributed by atoms with Crippen LogP contribution in [0.1, 0.15) is 39.5 Å². The van der Waals surface area contributed by atoms with E-state index in [1.54, 1.807) is 0 Å². The monoisotopic (exact) mass is 354 g/mol. The van der Waals surface area contributed by atoms with Crippen LogP contribution in [0.5, 0.6) is 0 Å². The third kappa shape index (κ3) is 5.11. The first kappa shape index (κ1) is 19.6. The summed E-state index contributed by atoms with van der Waals surface area (Å²) in [5.41, 5.74) is 0. The van der Waals surface area contributed by atoms with Gasteiger partial charge < -0.3 is 14.2 Å². The van der Waals surface area contributed by atoms with Gasteiger partial charge in [-0.3, -0.25) is 19.2 Å². The molecule has 140 valence electrons. The van der Waals surface area contributed by atoms with Crippen LogP contribution in [0.2, 0.25) is 0 Å². The second-order valence-electron chi connectivity index (χ2n) is 6.75. The highest BCUT2D eigenvalue weighted by atomic mass is 16.6. The van der Waals surface area contributed by atoms with Crippen LogP contribution in [0, 0.1) is 23.7 Å². The van der Waals surface area contributed by atoms with Crippen LogP contribution in [-0.2, 0) is 33.4 Å². The van der Waals surface area contributed by atoms with Crippen LogP contribution in [0.25, 0.3) is 0 Å². The average Bonchev–Trinajstić information content (AvgIpc) is 2.42. The highest BCUT2D eigenvalue weighted by Crippen LogP contribution is 2.36. The number of Topliss-reactive ketones (excluding diaryl/α,β-unsaturated/α-hetero) is 2. The maximum Gasteiger partial charge on any atom is 0.309 e. The quantitative estimate of drug-likeness (QED) is 0.431. The van der Waals surface area contributed by atoms with Gasteiger partial charge in [0.05, 0.1) is 25.0 Å². The van der Waals surface area contributed by atoms with E-state index in [2.05, 4.69) is 0 Å². The zero-order valence-corrected chi connectivity index (χ0v) is 14.8. The van der Waals surface area contributed by atoms with Gasteiger partial charge in [0, 0.05) is 11.8 Å². The molecule has 0 amide bonds. The molecule has 0 saturated heterocycles. The van der Waals surface area contributed by atoms with E-state index in [-0.39, 0.29) is 73.6 Å². The van der Waals surface area contributed by atoms with Gasteiger partial charge in [0.15, 0.2) is 0 Å². The van der Waals surface area contributed by atoms with Crippen molar-refractivity contribution in [1.29, 1.82) is 0 Å². The molecule has 0 aromatic heterocycles. The van der Waals surface area contributed by atoms with Gasteiger partial charge in [-0.25, -0.2) is 0 Å². The van der Waals surface area contributed by atoms with Crippen molar-refractivity contribution in [2.75, 3.05) is 26.4 Å². The third-order valence-corrected chi connectivity index (χ3v) is 5.14. The van der Waals surface area contributed by atoms with Crippen molar-refractivity contribution in [1.82, 2.24) is 0 Å². The van der Waals surface area contributed by atoms with E-state index in [1.165, 1.54) is 13.8 Å². The highest BCUT2D eigenvalue weighted by Gasteiger charge is 2.41. The number of hydrogen-bond donors (Lipinski definition) is 0. The molecule has 25 heavy (non-hydrogen) atoms. The Balaban J connectivity index is 1.48. The van der Waals surface area contributed by atoms with Gasteiger partial charge >= 0.3 is 11.9 Å². The molecule has 0 heterocycles. The fourth-order valence-electron chi connectivity index (χ4n) is 3.26. The number of hydrogen-bond acceptors (Lipinski definition) is 7. The average molecular weight is 354 g/mol. The Hall–Kier alpha value is -1.76. The lowest BCUT2D eigenvalue weighted by atomic mass is 9.72. The summed E-state index contributed by atoms with van der Waals surface area (Å²) in [6.07, 6.45) is 2.90. The molecular weight excluding hydrogens is 328 g/mol. The zero-order valence-electron chi connectivity index (χ0n) is 14.8. The predicted molar refractivity (Wildman–Crippen MR) is 86.5 cm³/mol. The second-order valence-corrected chi connectivity index (χ2v) is 6.75. The first-order chi connectivity index (χ1) is 11.9. The predicted octanol–water partition coefficient (Wildman–Crippen LogP) is 1.32. The van der Waals surface area contributed by atoms with Crippen LogP contribution in [0.3, 0.4) is 0 Å². The third-order valence-electron chi connectivity index (χ3n) is 5.14. The number of rotatable bonds is 10. The summed E-state index contributed by atoms with van der Waals surface area (Å²) in [5.74, 6) is -1.64. The van der Waals surface area contributed by atoms with Crippen LogP contribution in [0.15, 0.2) is 0 Å². The van der Waals surface area contributed by atoms with E-state index in [9.17, 15) is 19.2 Å². The van der Waals surface area contributed by atoms with Crippen molar-refractivity contribution in [2.24, 2.45) is 23.7 Å². The fourth-order valence-corrected chi connectivity index (χ4v) is 3.26. The topological polar surface area (TPSA) is 96.0 Å². The Morgan fingerprint density at radius 1 is 0.640 bits per heavy atom. The molecule has 4 atom stereocenters. The van der Waals surface area contributed by atoms with E-state index in [0.717, 1.165) is 12.8 Å². The van der Waals surface area contributed by atoms with Crippen molar-refractivity contribution >= 4 is 23.5 Å². The van der Waals surface area contributed by atoms with Crippen LogP contribution in [0.4, 0.5) is 0 Å². The summed E-state index contributed by atoms with van der Waals surface area (Å²) >= 11 is 0. The van der Waals surface area contributed by atoms with Crippen molar-refractivity contribution in [3.63, 3.8) is 0 Å². The van der Waals surface area contributed by atoms with Gasteiger partial charge in [0.2, 0.25) is 0 Å². The molecule has 0 bridgehead atoms. The SMILES string of the molecule is CC(=O)[C@H]1CC[C@H]1C(=O)OCCOCCOC(=O)[C@H]1CC[C@H]1C(C)=O. The summed E-state index contributed by atoms with van der Waals surface area (Å²) in [6, 6.07) is 0. The summed E-state index contributed by atoms with van der Waals surface area (Å²) in [6.45, 7) is 3.64. The summed E-state index contributed by atoms with van der Waals surface area (Å²) < 4.78 is 15.5. The minimum atomic E-state index is -0.346. The Kier molecular flexibility index (Phi) is 7.11. The molecule has 0 aromatic carbocycles. The summed E-state index contributed by atoms with van der Waals surface area (Å²) in [7, 11) is 0. The molecule has 0 aromatic rings. The van der Waals surface area contributed by atoms with E-state index < -0.39 is 0 Å². The number of carbonyl (C=O) groups is 4. The Bertz CT molecular complexity index is 482. The molecule has 7 heteroatoms. The smallest absolute Gasteiger partial charge is 0.309 e. The Morgan fingerprint density at radius 2 is 1.00 bits per heavy atom. The second kappa shape index (κ2) is 9.08. The van der Waals surface area contributed by atoms with E-state index in [0.29, 0.717) is 12.8 Å². The van der Waals surface area contributed by atoms with E-state index in [4.69, 9.17) is 14.2 Å².